The molecule has 1 heterocycles. The van der Waals surface area contributed by atoms with Gasteiger partial charge in [0, 0.05) is 5.69 Å². The van der Waals surface area contributed by atoms with Crippen molar-refractivity contribution in [3.8, 4) is 0 Å². The molecule has 1 atom stereocenters. The van der Waals surface area contributed by atoms with E-state index < -0.39 is 36.1 Å². The summed E-state index contributed by atoms with van der Waals surface area (Å²) in [7, 11) is 0. The third-order valence-electron chi connectivity index (χ3n) is 5.84. The Labute approximate surface area is 176 Å². The Kier molecular flexibility index (Phi) is 6.14. The van der Waals surface area contributed by atoms with Gasteiger partial charge in [0.15, 0.2) is 6.10 Å². The molecule has 1 aliphatic carbocycles. The summed E-state index contributed by atoms with van der Waals surface area (Å²) in [6.07, 6.45) is 1.81. The number of urea groups is 1. The van der Waals surface area contributed by atoms with Gasteiger partial charge in [-0.3, -0.25) is 19.3 Å². The van der Waals surface area contributed by atoms with E-state index in [1.807, 2.05) is 39.0 Å². The molecule has 1 saturated heterocycles. The molecule has 0 unspecified atom stereocenters. The van der Waals surface area contributed by atoms with Gasteiger partial charge >= 0.3 is 12.0 Å². The molecular weight excluding hydrogens is 386 g/mol. The first kappa shape index (κ1) is 21.8. The molecule has 3 rings (SSSR count). The lowest BCUT2D eigenvalue weighted by Gasteiger charge is -2.21. The van der Waals surface area contributed by atoms with E-state index in [2.05, 4.69) is 10.6 Å². The third-order valence-corrected chi connectivity index (χ3v) is 5.84. The number of anilines is 1. The smallest absolute Gasteiger partial charge is 0.327 e. The van der Waals surface area contributed by atoms with Gasteiger partial charge in [0.05, 0.1) is 0 Å². The summed E-state index contributed by atoms with van der Waals surface area (Å²) in [5.41, 5.74) is 1.73. The van der Waals surface area contributed by atoms with Gasteiger partial charge in [-0.2, -0.15) is 0 Å². The Morgan fingerprint density at radius 1 is 1.20 bits per heavy atom. The van der Waals surface area contributed by atoms with Crippen molar-refractivity contribution in [1.82, 2.24) is 10.2 Å². The summed E-state index contributed by atoms with van der Waals surface area (Å²) in [5.74, 6) is -1.45. The lowest BCUT2D eigenvalue weighted by atomic mass is 9.98. The van der Waals surface area contributed by atoms with E-state index >= 15 is 0 Å². The van der Waals surface area contributed by atoms with Crippen LogP contribution in [0.2, 0.25) is 0 Å². The lowest BCUT2D eigenvalue weighted by molar-refractivity contribution is -0.155. The number of ether oxygens (including phenoxy) is 1. The van der Waals surface area contributed by atoms with Gasteiger partial charge in [0.25, 0.3) is 11.8 Å². The van der Waals surface area contributed by atoms with E-state index in [0.717, 1.165) is 28.9 Å². The zero-order chi connectivity index (χ0) is 22.1. The zero-order valence-electron chi connectivity index (χ0n) is 17.9. The summed E-state index contributed by atoms with van der Waals surface area (Å²) in [5, 5.41) is 5.56. The molecule has 2 N–H and O–H groups in total. The van der Waals surface area contributed by atoms with E-state index in [1.54, 1.807) is 0 Å². The number of esters is 1. The van der Waals surface area contributed by atoms with Gasteiger partial charge in [0.1, 0.15) is 12.1 Å². The number of hydrogen-bond donors (Lipinski definition) is 2. The minimum absolute atomic E-state index is 0.209. The molecule has 30 heavy (non-hydrogen) atoms. The van der Waals surface area contributed by atoms with Crippen molar-refractivity contribution in [2.45, 2.75) is 70.9 Å². The summed E-state index contributed by atoms with van der Waals surface area (Å²) in [6, 6.07) is 5.19. The Morgan fingerprint density at radius 2 is 1.87 bits per heavy atom. The number of rotatable bonds is 6. The fraction of sp³-hybridized carbons (Fsp3) is 0.545. The molecule has 8 nitrogen and oxygen atoms in total. The van der Waals surface area contributed by atoms with Crippen LogP contribution in [0.3, 0.4) is 0 Å². The Hall–Kier alpha value is -2.90. The standard InChI is InChI=1S/C22H29N3O5/c1-13(2)16-9-7-8-14(3)18(16)23-19(27)15(4)30-17(26)12-25-20(28)22(24-21(25)29)10-5-6-11-22/h7-9,13,15H,5-6,10-12H2,1-4H3,(H,23,27)(H,24,29)/t15-/m1/s1. The van der Waals surface area contributed by atoms with Crippen molar-refractivity contribution in [3.63, 3.8) is 0 Å². The Balaban J connectivity index is 1.60. The Bertz CT molecular complexity index is 874. The highest BCUT2D eigenvalue weighted by Crippen LogP contribution is 2.35. The van der Waals surface area contributed by atoms with Crippen molar-refractivity contribution in [1.29, 1.82) is 0 Å². The predicted molar refractivity (Wildman–Crippen MR) is 111 cm³/mol. The number of aryl methyl sites for hydroxylation is 1. The van der Waals surface area contributed by atoms with Crippen LogP contribution in [-0.2, 0) is 19.1 Å². The van der Waals surface area contributed by atoms with Gasteiger partial charge in [-0.15, -0.1) is 0 Å². The molecule has 1 aliphatic heterocycles. The van der Waals surface area contributed by atoms with Crippen LogP contribution in [0.15, 0.2) is 18.2 Å². The largest absolute Gasteiger partial charge is 0.451 e. The first-order chi connectivity index (χ1) is 14.1. The van der Waals surface area contributed by atoms with Crippen LogP contribution in [0.1, 0.15) is 63.5 Å². The topological polar surface area (TPSA) is 105 Å². The fourth-order valence-electron chi connectivity index (χ4n) is 4.12. The Morgan fingerprint density at radius 3 is 2.50 bits per heavy atom. The number of carbonyl (C=O) groups excluding carboxylic acids is 4. The molecular formula is C22H29N3O5. The van der Waals surface area contributed by atoms with E-state index in [0.29, 0.717) is 18.5 Å². The summed E-state index contributed by atoms with van der Waals surface area (Å²) >= 11 is 0. The molecule has 1 saturated carbocycles. The highest BCUT2D eigenvalue weighted by Gasteiger charge is 2.52. The number of nitrogens with one attached hydrogen (secondary N) is 2. The van der Waals surface area contributed by atoms with Gasteiger partial charge in [-0.05, 0) is 43.7 Å². The van der Waals surface area contributed by atoms with Gasteiger partial charge in [0.2, 0.25) is 0 Å². The van der Waals surface area contributed by atoms with Crippen molar-refractivity contribution >= 4 is 29.5 Å². The summed E-state index contributed by atoms with van der Waals surface area (Å²) in [4.78, 5) is 50.6. The molecule has 1 aromatic rings. The molecule has 0 radical (unpaired) electrons. The molecule has 162 valence electrons. The van der Waals surface area contributed by atoms with Crippen LogP contribution in [0.5, 0.6) is 0 Å². The number of amides is 4. The first-order valence-corrected chi connectivity index (χ1v) is 10.4. The van der Waals surface area contributed by atoms with E-state index in [9.17, 15) is 19.2 Å². The zero-order valence-corrected chi connectivity index (χ0v) is 17.9. The quantitative estimate of drug-likeness (QED) is 0.549. The molecule has 2 aliphatic rings. The number of hydrogen-bond acceptors (Lipinski definition) is 5. The number of imide groups is 1. The fourth-order valence-corrected chi connectivity index (χ4v) is 4.12. The molecule has 4 amide bonds. The maximum atomic E-state index is 12.6. The van der Waals surface area contributed by atoms with Crippen molar-refractivity contribution in [2.75, 3.05) is 11.9 Å². The highest BCUT2D eigenvalue weighted by molar-refractivity contribution is 6.09. The van der Waals surface area contributed by atoms with E-state index in [4.69, 9.17) is 4.74 Å². The molecule has 0 bridgehead atoms. The number of carbonyl (C=O) groups is 4. The van der Waals surface area contributed by atoms with Crippen LogP contribution in [0.25, 0.3) is 0 Å². The molecule has 2 fully saturated rings. The minimum Gasteiger partial charge on any atom is -0.451 e. The second kappa shape index (κ2) is 8.45. The SMILES string of the molecule is Cc1cccc(C(C)C)c1NC(=O)[C@@H](C)OC(=O)CN1C(=O)NC2(CCCC2)C1=O. The molecule has 1 aromatic carbocycles. The van der Waals surface area contributed by atoms with Crippen LogP contribution in [0.4, 0.5) is 10.5 Å². The second-order valence-electron chi connectivity index (χ2n) is 8.43. The van der Waals surface area contributed by atoms with Gasteiger partial charge < -0.3 is 15.4 Å². The second-order valence-corrected chi connectivity index (χ2v) is 8.43. The average Bonchev–Trinajstić information content (AvgIpc) is 3.23. The number of para-hydroxylation sites is 1. The average molecular weight is 415 g/mol. The first-order valence-electron chi connectivity index (χ1n) is 10.4. The van der Waals surface area contributed by atoms with Crippen LogP contribution < -0.4 is 10.6 Å². The molecule has 1 spiro atoms. The van der Waals surface area contributed by atoms with Gasteiger partial charge in [-0.25, -0.2) is 4.79 Å². The summed E-state index contributed by atoms with van der Waals surface area (Å²) < 4.78 is 5.21. The highest BCUT2D eigenvalue weighted by atomic mass is 16.5. The lowest BCUT2D eigenvalue weighted by Crippen LogP contribution is -2.44. The normalized spacial score (nSPS) is 18.6. The molecule has 8 heteroatoms. The summed E-state index contributed by atoms with van der Waals surface area (Å²) in [6.45, 7) is 6.91. The minimum atomic E-state index is -1.07. The van der Waals surface area contributed by atoms with Crippen LogP contribution in [-0.4, -0.2) is 46.9 Å². The maximum absolute atomic E-state index is 12.6. The molecule has 0 aromatic heterocycles. The predicted octanol–water partition coefficient (Wildman–Crippen LogP) is 2.85. The number of nitrogens with zero attached hydrogens (tertiary/aromatic N) is 1. The monoisotopic (exact) mass is 415 g/mol. The van der Waals surface area contributed by atoms with Gasteiger partial charge in [-0.1, -0.05) is 44.9 Å². The van der Waals surface area contributed by atoms with Crippen molar-refractivity contribution < 1.29 is 23.9 Å². The van der Waals surface area contributed by atoms with Crippen molar-refractivity contribution in [3.05, 3.63) is 29.3 Å². The van der Waals surface area contributed by atoms with E-state index in [1.165, 1.54) is 6.92 Å². The van der Waals surface area contributed by atoms with Crippen LogP contribution in [0, 0.1) is 6.92 Å². The van der Waals surface area contributed by atoms with Crippen LogP contribution >= 0.6 is 0 Å². The van der Waals surface area contributed by atoms with Crippen molar-refractivity contribution in [2.24, 2.45) is 0 Å². The number of benzene rings is 1. The third kappa shape index (κ3) is 4.17. The van der Waals surface area contributed by atoms with E-state index in [-0.39, 0.29) is 11.8 Å². The maximum Gasteiger partial charge on any atom is 0.327 e.